The number of hydrogen-bond acceptors (Lipinski definition) is 2. The van der Waals surface area contributed by atoms with Gasteiger partial charge in [-0.2, -0.15) is 0 Å². The molecule has 0 saturated heterocycles. The van der Waals surface area contributed by atoms with Crippen LogP contribution in [0.3, 0.4) is 0 Å². The van der Waals surface area contributed by atoms with Gasteiger partial charge in [0.05, 0.1) is 0 Å². The van der Waals surface area contributed by atoms with Crippen LogP contribution in [-0.2, 0) is 0 Å². The number of hydrogen-bond donors (Lipinski definition) is 0. The fraction of sp³-hybridized carbons (Fsp3) is 0.727. The Balaban J connectivity index is 2.83. The van der Waals surface area contributed by atoms with Crippen molar-refractivity contribution in [1.82, 2.24) is 9.62 Å². The zero-order valence-electron chi connectivity index (χ0n) is 18.5. The fourth-order valence-electron chi connectivity index (χ4n) is 3.23. The van der Waals surface area contributed by atoms with Crippen LogP contribution in [0.5, 0.6) is 0 Å². The van der Waals surface area contributed by atoms with Crippen LogP contribution >= 0.6 is 0 Å². The summed E-state index contributed by atoms with van der Waals surface area (Å²) in [5.74, 6) is 0. The summed E-state index contributed by atoms with van der Waals surface area (Å²) in [6, 6.07) is 11.3. The molecule has 4 unspecified atom stereocenters. The van der Waals surface area contributed by atoms with Crippen LogP contribution in [0.1, 0.15) is 81.1 Å². The summed E-state index contributed by atoms with van der Waals surface area (Å²) in [5.41, 5.74) is 2.59. The summed E-state index contributed by atoms with van der Waals surface area (Å²) in [7, 11) is 4.68. The van der Waals surface area contributed by atoms with Crippen molar-refractivity contribution in [2.24, 2.45) is 0 Å². The Morgan fingerprint density at radius 2 is 0.808 bits per heavy atom. The van der Waals surface area contributed by atoms with E-state index in [9.17, 15) is 0 Å². The second-order valence-corrected chi connectivity index (χ2v) is 7.85. The molecule has 0 aromatic heterocycles. The molecular formula is C22H40B2N2. The van der Waals surface area contributed by atoms with Crippen LogP contribution in [0.15, 0.2) is 24.3 Å². The molecule has 1 rings (SSSR count). The van der Waals surface area contributed by atoms with Gasteiger partial charge in [-0.25, -0.2) is 0 Å². The normalized spacial score (nSPS) is 16.4. The van der Waals surface area contributed by atoms with Crippen molar-refractivity contribution >= 4 is 25.8 Å². The highest BCUT2D eigenvalue weighted by molar-refractivity contribution is 6.53. The van der Waals surface area contributed by atoms with E-state index in [-0.39, 0.29) is 0 Å². The van der Waals surface area contributed by atoms with Crippen LogP contribution in [0.4, 0.5) is 0 Å². The largest absolute Gasteiger partial charge is 0.337 e. The maximum absolute atomic E-state index is 2.52. The lowest BCUT2D eigenvalue weighted by atomic mass is 9.73. The summed E-state index contributed by atoms with van der Waals surface area (Å²) in [6.07, 6.45) is 4.69. The summed E-state index contributed by atoms with van der Waals surface area (Å²) in [5, 5.41) is 0. The molecule has 0 spiro atoms. The van der Waals surface area contributed by atoms with Crippen molar-refractivity contribution in [2.75, 3.05) is 0 Å². The third kappa shape index (κ3) is 6.78. The number of rotatable bonds is 12. The monoisotopic (exact) mass is 354 g/mol. The van der Waals surface area contributed by atoms with Gasteiger partial charge in [-0.3, -0.25) is 0 Å². The molecule has 0 fully saturated rings. The highest BCUT2D eigenvalue weighted by Gasteiger charge is 2.21. The quantitative estimate of drug-likeness (QED) is 0.524. The third-order valence-corrected chi connectivity index (χ3v) is 5.93. The number of nitrogens with zero attached hydrogens (tertiary/aromatic N) is 2. The molecule has 2 nitrogen and oxygen atoms in total. The summed E-state index contributed by atoms with van der Waals surface area (Å²) in [6.45, 7) is 18.4. The van der Waals surface area contributed by atoms with E-state index in [4.69, 9.17) is 0 Å². The van der Waals surface area contributed by atoms with Crippen LogP contribution in [-0.4, -0.2) is 48.6 Å². The van der Waals surface area contributed by atoms with Gasteiger partial charge in [0.2, 0.25) is 14.8 Å². The summed E-state index contributed by atoms with van der Waals surface area (Å²) >= 11 is 0. The SMILES string of the molecule is CCC(C)N([B]c1ccc([B]N(C(C)CC)C(C)CC)cc1)C(C)CC. The van der Waals surface area contributed by atoms with Crippen molar-refractivity contribution in [2.45, 2.75) is 105 Å². The van der Waals surface area contributed by atoms with Gasteiger partial charge in [0.15, 0.2) is 0 Å². The predicted octanol–water partition coefficient (Wildman–Crippen LogP) is 3.97. The number of benzene rings is 1. The van der Waals surface area contributed by atoms with Gasteiger partial charge in [0.25, 0.3) is 0 Å². The van der Waals surface area contributed by atoms with E-state index in [2.05, 4.69) is 104 Å². The van der Waals surface area contributed by atoms with E-state index >= 15 is 0 Å². The van der Waals surface area contributed by atoms with E-state index in [0.29, 0.717) is 24.2 Å². The summed E-state index contributed by atoms with van der Waals surface area (Å²) in [4.78, 5) is 5.03. The molecule has 26 heavy (non-hydrogen) atoms. The molecule has 0 aliphatic carbocycles. The van der Waals surface area contributed by atoms with Gasteiger partial charge in [-0.05, 0) is 49.9 Å². The first-order valence-electron chi connectivity index (χ1n) is 10.7. The predicted molar refractivity (Wildman–Crippen MR) is 120 cm³/mol. The standard InChI is InChI=1S/C22H40B2N2/c1-9-17(5)25(18(6)10-2)23-21-13-15-22(16-14-21)24-26(19(7)11-3)20(8)12-4/h13-20H,9-12H2,1-8H3. The van der Waals surface area contributed by atoms with Crippen LogP contribution < -0.4 is 10.9 Å². The lowest BCUT2D eigenvalue weighted by Gasteiger charge is -2.34. The van der Waals surface area contributed by atoms with Gasteiger partial charge in [-0.15, -0.1) is 0 Å². The molecular weight excluding hydrogens is 314 g/mol. The molecule has 0 saturated carbocycles. The Bertz CT molecular complexity index is 426. The first-order valence-corrected chi connectivity index (χ1v) is 10.7. The lowest BCUT2D eigenvalue weighted by Crippen LogP contribution is -2.48. The van der Waals surface area contributed by atoms with Crippen LogP contribution in [0.2, 0.25) is 0 Å². The van der Waals surface area contributed by atoms with Crippen LogP contribution in [0.25, 0.3) is 0 Å². The Morgan fingerprint density at radius 1 is 0.577 bits per heavy atom. The molecule has 0 aliphatic heterocycles. The van der Waals surface area contributed by atoms with E-state index in [1.54, 1.807) is 0 Å². The van der Waals surface area contributed by atoms with Crippen molar-refractivity contribution in [3.05, 3.63) is 24.3 Å². The Morgan fingerprint density at radius 3 is 1.00 bits per heavy atom. The average molecular weight is 354 g/mol. The maximum Gasteiger partial charge on any atom is 0.248 e. The minimum Gasteiger partial charge on any atom is -0.337 e. The van der Waals surface area contributed by atoms with Gasteiger partial charge >= 0.3 is 0 Å². The molecule has 0 amide bonds. The molecule has 0 N–H and O–H groups in total. The average Bonchev–Trinajstić information content (AvgIpc) is 2.68. The lowest BCUT2D eigenvalue weighted by molar-refractivity contribution is 0.271. The highest BCUT2D eigenvalue weighted by atomic mass is 15.1. The smallest absolute Gasteiger partial charge is 0.248 e. The van der Waals surface area contributed by atoms with Gasteiger partial charge < -0.3 is 9.62 Å². The highest BCUT2D eigenvalue weighted by Crippen LogP contribution is 2.11. The Hall–Kier alpha value is -0.730. The van der Waals surface area contributed by atoms with Crippen molar-refractivity contribution in [1.29, 1.82) is 0 Å². The van der Waals surface area contributed by atoms with Gasteiger partial charge in [0.1, 0.15) is 0 Å². The molecule has 4 heteroatoms. The van der Waals surface area contributed by atoms with Gasteiger partial charge in [-0.1, -0.05) is 90.6 Å². The zero-order chi connectivity index (χ0) is 19.7. The molecule has 1 aromatic rings. The first-order chi connectivity index (χ1) is 12.4. The zero-order valence-corrected chi connectivity index (χ0v) is 18.5. The second-order valence-electron chi connectivity index (χ2n) is 7.85. The van der Waals surface area contributed by atoms with E-state index in [0.717, 1.165) is 0 Å². The second kappa shape index (κ2) is 11.9. The minimum atomic E-state index is 0.572. The maximum atomic E-state index is 2.52. The van der Waals surface area contributed by atoms with Crippen molar-refractivity contribution in [3.8, 4) is 0 Å². The molecule has 0 heterocycles. The molecule has 1 aromatic carbocycles. The first kappa shape index (κ1) is 23.3. The van der Waals surface area contributed by atoms with Gasteiger partial charge in [0, 0.05) is 0 Å². The topological polar surface area (TPSA) is 6.48 Å². The fourth-order valence-corrected chi connectivity index (χ4v) is 3.23. The third-order valence-electron chi connectivity index (χ3n) is 5.93. The van der Waals surface area contributed by atoms with Crippen LogP contribution in [0, 0.1) is 0 Å². The minimum absolute atomic E-state index is 0.572. The Kier molecular flexibility index (Phi) is 10.6. The van der Waals surface area contributed by atoms with Crippen molar-refractivity contribution in [3.63, 3.8) is 0 Å². The van der Waals surface area contributed by atoms with E-state index in [1.807, 2.05) is 0 Å². The Labute approximate surface area is 165 Å². The molecule has 2 radical (unpaired) electrons. The molecule has 0 aliphatic rings. The molecule has 0 bridgehead atoms. The molecule has 144 valence electrons. The molecule has 4 atom stereocenters. The van der Waals surface area contributed by atoms with Crippen molar-refractivity contribution < 1.29 is 0 Å². The van der Waals surface area contributed by atoms with E-state index < -0.39 is 0 Å². The summed E-state index contributed by atoms with van der Waals surface area (Å²) < 4.78 is 0. The van der Waals surface area contributed by atoms with E-state index in [1.165, 1.54) is 36.6 Å².